The summed E-state index contributed by atoms with van der Waals surface area (Å²) in [6.45, 7) is 0.380. The number of thiophene rings is 1. The second kappa shape index (κ2) is 4.18. The minimum Gasteiger partial charge on any atom is -0.337 e. The van der Waals surface area contributed by atoms with Gasteiger partial charge in [-0.05, 0) is 23.7 Å². The number of aromatic nitrogens is 4. The highest BCUT2D eigenvalue weighted by Crippen LogP contribution is 2.14. The number of rotatable bonds is 2. The highest BCUT2D eigenvalue weighted by molar-refractivity contribution is 7.71. The zero-order valence-electron chi connectivity index (χ0n) is 9.58. The molecule has 0 radical (unpaired) electrons. The molecule has 0 aromatic carbocycles. The largest absolute Gasteiger partial charge is 0.337 e. The molecule has 92 valence electrons. The minimum absolute atomic E-state index is 0.0632. The van der Waals surface area contributed by atoms with Gasteiger partial charge >= 0.3 is 0 Å². The van der Waals surface area contributed by atoms with Crippen molar-refractivity contribution < 1.29 is 0 Å². The summed E-state index contributed by atoms with van der Waals surface area (Å²) in [5, 5.41) is 1.88. The van der Waals surface area contributed by atoms with Crippen molar-refractivity contribution >= 4 is 33.8 Å². The summed E-state index contributed by atoms with van der Waals surface area (Å²) in [5.74, 6) is 0.799. The van der Waals surface area contributed by atoms with Crippen LogP contribution in [0, 0.1) is 4.77 Å². The lowest BCUT2D eigenvalue weighted by Crippen LogP contribution is -2.23. The number of H-pyrrole nitrogens is 1. The Labute approximate surface area is 111 Å². The third kappa shape index (κ3) is 1.72. The van der Waals surface area contributed by atoms with E-state index in [0.29, 0.717) is 16.0 Å². The van der Waals surface area contributed by atoms with Crippen molar-refractivity contribution in [2.75, 3.05) is 0 Å². The van der Waals surface area contributed by atoms with E-state index >= 15 is 0 Å². The van der Waals surface area contributed by atoms with E-state index in [9.17, 15) is 4.79 Å². The van der Waals surface area contributed by atoms with Crippen LogP contribution in [0.25, 0.3) is 10.2 Å². The van der Waals surface area contributed by atoms with Crippen LogP contribution in [0.5, 0.6) is 0 Å². The minimum atomic E-state index is -0.0632. The number of hydrogen-bond acceptors (Lipinski definition) is 4. The summed E-state index contributed by atoms with van der Waals surface area (Å²) in [7, 11) is 1.89. The lowest BCUT2D eigenvalue weighted by Gasteiger charge is -2.06. The van der Waals surface area contributed by atoms with Gasteiger partial charge in [-0.25, -0.2) is 4.98 Å². The molecule has 5 nitrogen and oxygen atoms in total. The average molecular weight is 278 g/mol. The Morgan fingerprint density at radius 1 is 1.56 bits per heavy atom. The molecule has 0 aliphatic rings. The fraction of sp³-hybridized carbons (Fsp3) is 0.182. The Kier molecular flexibility index (Phi) is 2.64. The van der Waals surface area contributed by atoms with Crippen molar-refractivity contribution in [2.45, 2.75) is 6.54 Å². The topological polar surface area (TPSA) is 55.6 Å². The molecular formula is C11H10N4OS2. The average Bonchev–Trinajstić information content (AvgIpc) is 2.94. The third-order valence-corrected chi connectivity index (χ3v) is 4.04. The van der Waals surface area contributed by atoms with Crippen LogP contribution in [0.3, 0.4) is 0 Å². The molecule has 3 heterocycles. The SMILES string of the molecule is Cn1ccnc1Cn1c(=S)[nH]c2ccsc2c1=O. The fourth-order valence-corrected chi connectivity index (χ4v) is 2.86. The van der Waals surface area contributed by atoms with Gasteiger partial charge in [-0.15, -0.1) is 11.3 Å². The maximum absolute atomic E-state index is 12.3. The zero-order valence-corrected chi connectivity index (χ0v) is 11.2. The first-order valence-electron chi connectivity index (χ1n) is 5.33. The molecule has 0 aliphatic carbocycles. The Bertz CT molecular complexity index is 823. The zero-order chi connectivity index (χ0) is 12.7. The predicted molar refractivity (Wildman–Crippen MR) is 73.6 cm³/mol. The molecule has 3 aromatic rings. The molecule has 0 fully saturated rings. The Hall–Kier alpha value is -1.73. The molecule has 18 heavy (non-hydrogen) atoms. The van der Waals surface area contributed by atoms with Gasteiger partial charge in [0.05, 0.1) is 12.1 Å². The van der Waals surface area contributed by atoms with Crippen LogP contribution in [0.4, 0.5) is 0 Å². The van der Waals surface area contributed by atoms with Gasteiger partial charge in [-0.1, -0.05) is 0 Å². The summed E-state index contributed by atoms with van der Waals surface area (Å²) in [6, 6.07) is 1.86. The molecule has 1 N–H and O–H groups in total. The van der Waals surface area contributed by atoms with Crippen molar-refractivity contribution in [2.24, 2.45) is 7.05 Å². The Balaban J connectivity index is 2.20. The third-order valence-electron chi connectivity index (χ3n) is 2.81. The highest BCUT2D eigenvalue weighted by atomic mass is 32.1. The summed E-state index contributed by atoms with van der Waals surface area (Å²) in [5.41, 5.74) is 0.734. The van der Waals surface area contributed by atoms with Gasteiger partial charge in [0.15, 0.2) is 4.77 Å². The van der Waals surface area contributed by atoms with E-state index in [2.05, 4.69) is 9.97 Å². The van der Waals surface area contributed by atoms with E-state index in [-0.39, 0.29) is 5.56 Å². The molecule has 0 aliphatic heterocycles. The summed E-state index contributed by atoms with van der Waals surface area (Å²) in [4.78, 5) is 19.6. The molecule has 3 aromatic heterocycles. The Morgan fingerprint density at radius 2 is 2.39 bits per heavy atom. The maximum Gasteiger partial charge on any atom is 0.272 e. The van der Waals surface area contributed by atoms with Crippen molar-refractivity contribution in [3.63, 3.8) is 0 Å². The number of nitrogens with one attached hydrogen (secondary N) is 1. The van der Waals surface area contributed by atoms with Gasteiger partial charge in [0.2, 0.25) is 0 Å². The molecule has 3 rings (SSSR count). The van der Waals surface area contributed by atoms with E-state index < -0.39 is 0 Å². The van der Waals surface area contributed by atoms with E-state index in [4.69, 9.17) is 12.2 Å². The molecule has 0 atom stereocenters. The molecule has 0 unspecified atom stereocenters. The number of nitrogens with zero attached hydrogens (tertiary/aromatic N) is 3. The molecule has 0 bridgehead atoms. The van der Waals surface area contributed by atoms with Crippen molar-refractivity contribution in [1.29, 1.82) is 0 Å². The number of fused-ring (bicyclic) bond motifs is 1. The Morgan fingerprint density at radius 3 is 3.11 bits per heavy atom. The summed E-state index contributed by atoms with van der Waals surface area (Å²) >= 11 is 6.64. The number of aromatic amines is 1. The number of hydrogen-bond donors (Lipinski definition) is 1. The second-order valence-corrected chi connectivity index (χ2v) is 5.24. The highest BCUT2D eigenvalue weighted by Gasteiger charge is 2.09. The first kappa shape index (κ1) is 11.4. The molecular weight excluding hydrogens is 268 g/mol. The van der Waals surface area contributed by atoms with Gasteiger partial charge < -0.3 is 9.55 Å². The molecule has 7 heteroatoms. The second-order valence-electron chi connectivity index (χ2n) is 3.94. The molecule has 0 spiro atoms. The van der Waals surface area contributed by atoms with Crippen LogP contribution >= 0.6 is 23.6 Å². The first-order chi connectivity index (χ1) is 8.66. The molecule has 0 amide bonds. The monoisotopic (exact) mass is 278 g/mol. The van der Waals surface area contributed by atoms with Crippen molar-refractivity contribution in [3.8, 4) is 0 Å². The molecule has 0 saturated carbocycles. The van der Waals surface area contributed by atoms with Gasteiger partial charge in [-0.2, -0.15) is 0 Å². The van der Waals surface area contributed by atoms with E-state index in [1.165, 1.54) is 15.9 Å². The van der Waals surface area contributed by atoms with Crippen LogP contribution in [0.15, 0.2) is 28.6 Å². The van der Waals surface area contributed by atoms with Gasteiger partial charge in [0.1, 0.15) is 10.5 Å². The summed E-state index contributed by atoms with van der Waals surface area (Å²) in [6.07, 6.45) is 3.55. The van der Waals surface area contributed by atoms with Crippen molar-refractivity contribution in [1.82, 2.24) is 19.1 Å². The van der Waals surface area contributed by atoms with E-state index in [1.807, 2.05) is 29.3 Å². The van der Waals surface area contributed by atoms with Crippen molar-refractivity contribution in [3.05, 3.63) is 44.8 Å². The first-order valence-corrected chi connectivity index (χ1v) is 6.62. The van der Waals surface area contributed by atoms with Crippen LogP contribution in [0.2, 0.25) is 0 Å². The predicted octanol–water partition coefficient (Wildman–Crippen LogP) is 1.90. The standard InChI is InChI=1S/C11H10N4OS2/c1-14-4-3-12-8(14)6-15-10(16)9-7(2-5-18-9)13-11(15)17/h2-5H,6H2,1H3,(H,13,17). The van der Waals surface area contributed by atoms with Gasteiger partial charge in [-0.3, -0.25) is 9.36 Å². The van der Waals surface area contributed by atoms with Crippen LogP contribution in [-0.2, 0) is 13.6 Å². The normalized spacial score (nSPS) is 11.2. The van der Waals surface area contributed by atoms with Crippen LogP contribution in [-0.4, -0.2) is 19.1 Å². The fourth-order valence-electron chi connectivity index (χ4n) is 1.80. The van der Waals surface area contributed by atoms with Crippen LogP contribution in [0.1, 0.15) is 5.82 Å². The van der Waals surface area contributed by atoms with E-state index in [1.54, 1.807) is 6.20 Å². The van der Waals surface area contributed by atoms with E-state index in [0.717, 1.165) is 11.3 Å². The lowest BCUT2D eigenvalue weighted by molar-refractivity contribution is 0.665. The maximum atomic E-state index is 12.3. The number of aryl methyl sites for hydroxylation is 1. The smallest absolute Gasteiger partial charge is 0.272 e. The lowest BCUT2D eigenvalue weighted by atomic mass is 10.4. The van der Waals surface area contributed by atoms with Crippen LogP contribution < -0.4 is 5.56 Å². The number of imidazole rings is 1. The quantitative estimate of drug-likeness (QED) is 0.728. The van der Waals surface area contributed by atoms with Gasteiger partial charge in [0.25, 0.3) is 5.56 Å². The summed E-state index contributed by atoms with van der Waals surface area (Å²) < 4.78 is 4.53. The van der Waals surface area contributed by atoms with Gasteiger partial charge in [0, 0.05) is 19.4 Å². The molecule has 0 saturated heterocycles.